The Labute approximate surface area is 108 Å². The summed E-state index contributed by atoms with van der Waals surface area (Å²) in [7, 11) is 0. The molecular weight excluding hydrogens is 222 g/mol. The molecule has 1 aliphatic heterocycles. The predicted octanol–water partition coefficient (Wildman–Crippen LogP) is 2.67. The van der Waals surface area contributed by atoms with Crippen molar-refractivity contribution in [3.63, 3.8) is 0 Å². The summed E-state index contributed by atoms with van der Waals surface area (Å²) in [6.07, 6.45) is 5.72. The molecule has 0 saturated carbocycles. The van der Waals surface area contributed by atoms with Crippen molar-refractivity contribution in [2.75, 3.05) is 13.1 Å². The molecule has 1 saturated heterocycles. The molecule has 0 spiro atoms. The number of rotatable bonds is 3. The zero-order chi connectivity index (χ0) is 12.5. The largest absolute Gasteiger partial charge is 0.301 e. The van der Waals surface area contributed by atoms with Crippen molar-refractivity contribution in [2.24, 2.45) is 0 Å². The molecule has 0 N–H and O–H groups in total. The molecule has 2 aromatic heterocycles. The van der Waals surface area contributed by atoms with Gasteiger partial charge in [-0.05, 0) is 45.0 Å². The van der Waals surface area contributed by atoms with Gasteiger partial charge in [0.1, 0.15) is 5.82 Å². The molecule has 1 atom stereocenters. The molecule has 0 radical (unpaired) electrons. The Hall–Kier alpha value is -1.35. The van der Waals surface area contributed by atoms with E-state index in [1.54, 1.807) is 0 Å². The van der Waals surface area contributed by atoms with E-state index >= 15 is 0 Å². The minimum atomic E-state index is 0.681. The zero-order valence-corrected chi connectivity index (χ0v) is 11.3. The van der Waals surface area contributed by atoms with Gasteiger partial charge in [-0.1, -0.05) is 13.0 Å². The van der Waals surface area contributed by atoms with E-state index in [2.05, 4.69) is 46.3 Å². The number of imidazole rings is 1. The van der Waals surface area contributed by atoms with Gasteiger partial charge >= 0.3 is 0 Å². The highest BCUT2D eigenvalue weighted by Crippen LogP contribution is 2.21. The number of hydrogen-bond donors (Lipinski definition) is 0. The van der Waals surface area contributed by atoms with E-state index in [0.29, 0.717) is 6.04 Å². The standard InChI is InChI=1S/C15H21N3/c1-3-17-9-5-8-13(17)10-15-16-11-14-7-4-6-12(2)18(14)15/h4,6-7,11,13H,3,5,8-10H2,1-2H3. The van der Waals surface area contributed by atoms with Crippen LogP contribution in [0, 0.1) is 6.92 Å². The molecule has 3 rings (SSSR count). The topological polar surface area (TPSA) is 20.5 Å². The van der Waals surface area contributed by atoms with Crippen LogP contribution in [-0.2, 0) is 6.42 Å². The summed E-state index contributed by atoms with van der Waals surface area (Å²) >= 11 is 0. The van der Waals surface area contributed by atoms with E-state index in [0.717, 1.165) is 13.0 Å². The van der Waals surface area contributed by atoms with Gasteiger partial charge in [-0.2, -0.15) is 0 Å². The molecular formula is C15H21N3. The Morgan fingerprint density at radius 2 is 2.28 bits per heavy atom. The van der Waals surface area contributed by atoms with E-state index in [1.807, 2.05) is 6.20 Å². The molecule has 1 fully saturated rings. The lowest BCUT2D eigenvalue weighted by molar-refractivity contribution is 0.263. The van der Waals surface area contributed by atoms with Gasteiger partial charge in [0.25, 0.3) is 0 Å². The van der Waals surface area contributed by atoms with E-state index in [1.165, 1.54) is 36.4 Å². The van der Waals surface area contributed by atoms with Crippen LogP contribution in [0.15, 0.2) is 24.4 Å². The van der Waals surface area contributed by atoms with Gasteiger partial charge in [0, 0.05) is 18.2 Å². The molecule has 2 aromatic rings. The van der Waals surface area contributed by atoms with Crippen molar-refractivity contribution in [3.8, 4) is 0 Å². The second-order valence-electron chi connectivity index (χ2n) is 5.23. The van der Waals surface area contributed by atoms with Gasteiger partial charge in [0.15, 0.2) is 0 Å². The highest BCUT2D eigenvalue weighted by molar-refractivity contribution is 5.47. The summed E-state index contributed by atoms with van der Waals surface area (Å²) in [5.41, 5.74) is 2.49. The highest BCUT2D eigenvalue weighted by atomic mass is 15.2. The molecule has 96 valence electrons. The van der Waals surface area contributed by atoms with Crippen molar-refractivity contribution < 1.29 is 0 Å². The number of nitrogens with zero attached hydrogens (tertiary/aromatic N) is 3. The maximum Gasteiger partial charge on any atom is 0.115 e. The lowest BCUT2D eigenvalue weighted by atomic mass is 10.1. The molecule has 1 unspecified atom stereocenters. The number of likely N-dealkylation sites (N-methyl/N-ethyl adjacent to an activating group) is 1. The Morgan fingerprint density at radius 1 is 1.39 bits per heavy atom. The van der Waals surface area contributed by atoms with Crippen molar-refractivity contribution in [2.45, 2.75) is 39.2 Å². The smallest absolute Gasteiger partial charge is 0.115 e. The first-order valence-electron chi connectivity index (χ1n) is 6.95. The van der Waals surface area contributed by atoms with Crippen LogP contribution in [-0.4, -0.2) is 33.4 Å². The molecule has 1 aliphatic rings. The number of aromatic nitrogens is 2. The van der Waals surface area contributed by atoms with Crippen molar-refractivity contribution in [1.29, 1.82) is 0 Å². The van der Waals surface area contributed by atoms with Gasteiger partial charge in [-0.3, -0.25) is 0 Å². The van der Waals surface area contributed by atoms with E-state index < -0.39 is 0 Å². The third kappa shape index (κ3) is 1.93. The normalized spacial score (nSPS) is 20.9. The van der Waals surface area contributed by atoms with Crippen LogP contribution in [0.5, 0.6) is 0 Å². The highest BCUT2D eigenvalue weighted by Gasteiger charge is 2.24. The summed E-state index contributed by atoms with van der Waals surface area (Å²) in [5, 5.41) is 0. The summed E-state index contributed by atoms with van der Waals surface area (Å²) in [6.45, 7) is 6.83. The van der Waals surface area contributed by atoms with Gasteiger partial charge < -0.3 is 9.30 Å². The number of likely N-dealkylation sites (tertiary alicyclic amines) is 1. The third-order valence-corrected chi connectivity index (χ3v) is 4.14. The quantitative estimate of drug-likeness (QED) is 0.826. The lowest BCUT2D eigenvalue weighted by Gasteiger charge is -2.22. The fourth-order valence-electron chi connectivity index (χ4n) is 3.19. The molecule has 0 bridgehead atoms. The first-order valence-corrected chi connectivity index (χ1v) is 6.95. The fraction of sp³-hybridized carbons (Fsp3) is 0.533. The van der Waals surface area contributed by atoms with Crippen LogP contribution >= 0.6 is 0 Å². The first-order chi connectivity index (χ1) is 8.79. The average Bonchev–Trinajstić information content (AvgIpc) is 2.97. The molecule has 3 heterocycles. The third-order valence-electron chi connectivity index (χ3n) is 4.14. The van der Waals surface area contributed by atoms with Crippen LogP contribution in [0.25, 0.3) is 5.52 Å². The molecule has 0 aromatic carbocycles. The Kier molecular flexibility index (Phi) is 3.08. The van der Waals surface area contributed by atoms with E-state index in [9.17, 15) is 0 Å². The van der Waals surface area contributed by atoms with Crippen LogP contribution in [0.2, 0.25) is 0 Å². The number of pyridine rings is 1. The summed E-state index contributed by atoms with van der Waals surface area (Å²) in [4.78, 5) is 7.21. The van der Waals surface area contributed by atoms with Crippen molar-refractivity contribution in [1.82, 2.24) is 14.3 Å². The Balaban J connectivity index is 1.91. The second-order valence-corrected chi connectivity index (χ2v) is 5.23. The van der Waals surface area contributed by atoms with Gasteiger partial charge in [0.05, 0.1) is 11.7 Å². The number of fused-ring (bicyclic) bond motifs is 1. The summed E-state index contributed by atoms with van der Waals surface area (Å²) in [5.74, 6) is 1.22. The molecule has 0 amide bonds. The fourth-order valence-corrected chi connectivity index (χ4v) is 3.19. The minimum absolute atomic E-state index is 0.681. The average molecular weight is 243 g/mol. The van der Waals surface area contributed by atoms with Gasteiger partial charge in [-0.25, -0.2) is 4.98 Å². The Morgan fingerprint density at radius 3 is 3.11 bits per heavy atom. The zero-order valence-electron chi connectivity index (χ0n) is 11.3. The monoisotopic (exact) mass is 243 g/mol. The van der Waals surface area contributed by atoms with Gasteiger partial charge in [0.2, 0.25) is 0 Å². The molecule has 18 heavy (non-hydrogen) atoms. The first kappa shape index (κ1) is 11.7. The maximum absolute atomic E-state index is 4.62. The van der Waals surface area contributed by atoms with Crippen LogP contribution in [0.1, 0.15) is 31.3 Å². The molecule has 3 heteroatoms. The Bertz CT molecular complexity index is 544. The minimum Gasteiger partial charge on any atom is -0.301 e. The van der Waals surface area contributed by atoms with E-state index in [-0.39, 0.29) is 0 Å². The second kappa shape index (κ2) is 4.73. The summed E-state index contributed by atoms with van der Waals surface area (Å²) in [6, 6.07) is 7.07. The van der Waals surface area contributed by atoms with Crippen LogP contribution < -0.4 is 0 Å². The SMILES string of the molecule is CCN1CCCC1Cc1ncc2cccc(C)n12. The van der Waals surface area contributed by atoms with Crippen molar-refractivity contribution in [3.05, 3.63) is 35.9 Å². The van der Waals surface area contributed by atoms with Crippen LogP contribution in [0.4, 0.5) is 0 Å². The molecule has 3 nitrogen and oxygen atoms in total. The lowest BCUT2D eigenvalue weighted by Crippen LogP contribution is -2.31. The summed E-state index contributed by atoms with van der Waals surface area (Å²) < 4.78 is 2.30. The number of aryl methyl sites for hydroxylation is 1. The van der Waals surface area contributed by atoms with Gasteiger partial charge in [-0.15, -0.1) is 0 Å². The number of hydrogen-bond acceptors (Lipinski definition) is 2. The van der Waals surface area contributed by atoms with Crippen LogP contribution in [0.3, 0.4) is 0 Å². The van der Waals surface area contributed by atoms with E-state index in [4.69, 9.17) is 0 Å². The molecule has 0 aliphatic carbocycles. The van der Waals surface area contributed by atoms with Crippen molar-refractivity contribution >= 4 is 5.52 Å². The predicted molar refractivity (Wildman–Crippen MR) is 73.9 cm³/mol. The maximum atomic E-state index is 4.62.